The van der Waals surface area contributed by atoms with Gasteiger partial charge in [0.2, 0.25) is 5.91 Å². The molecule has 0 heterocycles. The highest BCUT2D eigenvalue weighted by Gasteiger charge is 2.11. The standard InChI is InChI=1S/C19H21NO3S/c1-3-23-19(22)15-10-9-14(2)17(13-15)20-18(21)11-12-24-16-7-5-4-6-8-16/h4-10,13H,3,11-12H2,1-2H3,(H,20,21). The van der Waals surface area contributed by atoms with Crippen LogP contribution in [-0.2, 0) is 9.53 Å². The predicted molar refractivity (Wildman–Crippen MR) is 97.5 cm³/mol. The van der Waals surface area contributed by atoms with E-state index in [4.69, 9.17) is 4.74 Å². The van der Waals surface area contributed by atoms with Gasteiger partial charge in [0.05, 0.1) is 12.2 Å². The van der Waals surface area contributed by atoms with Crippen molar-refractivity contribution >= 4 is 29.3 Å². The minimum Gasteiger partial charge on any atom is -0.462 e. The lowest BCUT2D eigenvalue weighted by Crippen LogP contribution is -2.14. The van der Waals surface area contributed by atoms with Crippen LogP contribution in [0.25, 0.3) is 0 Å². The van der Waals surface area contributed by atoms with Crippen molar-refractivity contribution in [3.05, 3.63) is 59.7 Å². The Morgan fingerprint density at radius 2 is 1.88 bits per heavy atom. The predicted octanol–water partition coefficient (Wildman–Crippen LogP) is 4.29. The van der Waals surface area contributed by atoms with Crippen molar-refractivity contribution in [1.29, 1.82) is 0 Å². The number of benzene rings is 2. The zero-order valence-electron chi connectivity index (χ0n) is 13.9. The number of anilines is 1. The Kier molecular flexibility index (Phi) is 6.88. The number of esters is 1. The number of rotatable bonds is 7. The molecule has 1 amide bonds. The van der Waals surface area contributed by atoms with E-state index in [0.29, 0.717) is 30.0 Å². The van der Waals surface area contributed by atoms with Gasteiger partial charge in [-0.25, -0.2) is 4.79 Å². The van der Waals surface area contributed by atoms with Crippen LogP contribution in [-0.4, -0.2) is 24.2 Å². The first kappa shape index (κ1) is 18.1. The number of hydrogen-bond donors (Lipinski definition) is 1. The van der Waals surface area contributed by atoms with Gasteiger partial charge < -0.3 is 10.1 Å². The van der Waals surface area contributed by atoms with Crippen LogP contribution in [0, 0.1) is 6.92 Å². The van der Waals surface area contributed by atoms with Gasteiger partial charge in [0, 0.05) is 22.8 Å². The van der Waals surface area contributed by atoms with Crippen LogP contribution in [0.15, 0.2) is 53.4 Å². The van der Waals surface area contributed by atoms with E-state index in [1.165, 1.54) is 0 Å². The van der Waals surface area contributed by atoms with E-state index in [1.54, 1.807) is 36.9 Å². The molecule has 0 spiro atoms. The quantitative estimate of drug-likeness (QED) is 0.602. The molecule has 0 radical (unpaired) electrons. The molecule has 0 saturated carbocycles. The first-order valence-corrected chi connectivity index (χ1v) is 8.84. The molecule has 0 saturated heterocycles. The molecular formula is C19H21NO3S. The number of hydrogen-bond acceptors (Lipinski definition) is 4. The molecule has 5 heteroatoms. The zero-order valence-corrected chi connectivity index (χ0v) is 14.7. The molecular weight excluding hydrogens is 322 g/mol. The largest absolute Gasteiger partial charge is 0.462 e. The van der Waals surface area contributed by atoms with Gasteiger partial charge in [0.25, 0.3) is 0 Å². The molecule has 0 bridgehead atoms. The summed E-state index contributed by atoms with van der Waals surface area (Å²) < 4.78 is 4.99. The highest BCUT2D eigenvalue weighted by Crippen LogP contribution is 2.20. The summed E-state index contributed by atoms with van der Waals surface area (Å²) in [7, 11) is 0. The third-order valence-corrected chi connectivity index (χ3v) is 4.38. The average Bonchev–Trinajstić information content (AvgIpc) is 2.58. The van der Waals surface area contributed by atoms with Gasteiger partial charge in [-0.1, -0.05) is 24.3 Å². The van der Waals surface area contributed by atoms with Crippen LogP contribution in [0.5, 0.6) is 0 Å². The van der Waals surface area contributed by atoms with E-state index >= 15 is 0 Å². The maximum Gasteiger partial charge on any atom is 0.338 e. The van der Waals surface area contributed by atoms with E-state index in [1.807, 2.05) is 37.3 Å². The molecule has 1 N–H and O–H groups in total. The first-order valence-electron chi connectivity index (χ1n) is 7.85. The number of carbonyl (C=O) groups excluding carboxylic acids is 2. The number of ether oxygens (including phenoxy) is 1. The average molecular weight is 343 g/mol. The van der Waals surface area contributed by atoms with Crippen LogP contribution in [0.4, 0.5) is 5.69 Å². The summed E-state index contributed by atoms with van der Waals surface area (Å²) in [5.74, 6) is 0.252. The van der Waals surface area contributed by atoms with Crippen LogP contribution in [0.2, 0.25) is 0 Å². The molecule has 4 nitrogen and oxygen atoms in total. The minimum absolute atomic E-state index is 0.0671. The Morgan fingerprint density at radius 1 is 1.12 bits per heavy atom. The highest BCUT2D eigenvalue weighted by molar-refractivity contribution is 7.99. The second-order valence-electron chi connectivity index (χ2n) is 5.21. The molecule has 0 fully saturated rings. The molecule has 0 aliphatic carbocycles. The highest BCUT2D eigenvalue weighted by atomic mass is 32.2. The summed E-state index contributed by atoms with van der Waals surface area (Å²) in [4.78, 5) is 25.1. The summed E-state index contributed by atoms with van der Waals surface area (Å²) in [5.41, 5.74) is 2.00. The molecule has 0 atom stereocenters. The number of carbonyl (C=O) groups is 2. The maximum absolute atomic E-state index is 12.1. The number of aryl methyl sites for hydroxylation is 1. The maximum atomic E-state index is 12.1. The van der Waals surface area contributed by atoms with E-state index in [-0.39, 0.29) is 11.9 Å². The lowest BCUT2D eigenvalue weighted by Gasteiger charge is -2.10. The van der Waals surface area contributed by atoms with Crippen molar-refractivity contribution < 1.29 is 14.3 Å². The second kappa shape index (κ2) is 9.13. The van der Waals surface area contributed by atoms with Crippen molar-refractivity contribution in [3.63, 3.8) is 0 Å². The van der Waals surface area contributed by atoms with Gasteiger partial charge in [0.1, 0.15) is 0 Å². The fourth-order valence-corrected chi connectivity index (χ4v) is 2.96. The summed E-state index contributed by atoms with van der Waals surface area (Å²) in [5, 5.41) is 2.87. The van der Waals surface area contributed by atoms with Crippen LogP contribution >= 0.6 is 11.8 Å². The van der Waals surface area contributed by atoms with Crippen LogP contribution in [0.3, 0.4) is 0 Å². The minimum atomic E-state index is -0.382. The van der Waals surface area contributed by atoms with Crippen LogP contribution in [0.1, 0.15) is 29.3 Å². The fraction of sp³-hybridized carbons (Fsp3) is 0.263. The van der Waals surface area contributed by atoms with Crippen molar-refractivity contribution in [2.45, 2.75) is 25.2 Å². The van der Waals surface area contributed by atoms with Gasteiger partial charge in [-0.3, -0.25) is 4.79 Å². The molecule has 0 unspecified atom stereocenters. The molecule has 126 valence electrons. The third kappa shape index (κ3) is 5.42. The van der Waals surface area contributed by atoms with Gasteiger partial charge in [0.15, 0.2) is 0 Å². The van der Waals surface area contributed by atoms with E-state index in [0.717, 1.165) is 10.5 Å². The SMILES string of the molecule is CCOC(=O)c1ccc(C)c(NC(=O)CCSc2ccccc2)c1. The smallest absolute Gasteiger partial charge is 0.338 e. The molecule has 0 aliphatic heterocycles. The molecule has 2 aromatic rings. The fourth-order valence-electron chi connectivity index (χ4n) is 2.09. The van der Waals surface area contributed by atoms with Crippen molar-refractivity contribution in [1.82, 2.24) is 0 Å². The summed E-state index contributed by atoms with van der Waals surface area (Å²) >= 11 is 1.64. The lowest BCUT2D eigenvalue weighted by molar-refractivity contribution is -0.115. The van der Waals surface area contributed by atoms with Gasteiger partial charge >= 0.3 is 5.97 Å². The summed E-state index contributed by atoms with van der Waals surface area (Å²) in [6.45, 7) is 3.98. The van der Waals surface area contributed by atoms with Crippen molar-refractivity contribution in [3.8, 4) is 0 Å². The summed E-state index contributed by atoms with van der Waals surface area (Å²) in [6.07, 6.45) is 0.405. The number of amides is 1. The number of nitrogens with one attached hydrogen (secondary N) is 1. The van der Waals surface area contributed by atoms with Crippen molar-refractivity contribution in [2.24, 2.45) is 0 Å². The molecule has 2 aromatic carbocycles. The zero-order chi connectivity index (χ0) is 17.4. The molecule has 2 rings (SSSR count). The Morgan fingerprint density at radius 3 is 2.58 bits per heavy atom. The van der Waals surface area contributed by atoms with Crippen molar-refractivity contribution in [2.75, 3.05) is 17.7 Å². The third-order valence-electron chi connectivity index (χ3n) is 3.36. The normalized spacial score (nSPS) is 10.2. The monoisotopic (exact) mass is 343 g/mol. The summed E-state index contributed by atoms with van der Waals surface area (Å²) in [6, 6.07) is 15.1. The first-order chi connectivity index (χ1) is 11.6. The second-order valence-corrected chi connectivity index (χ2v) is 6.38. The number of thioether (sulfide) groups is 1. The Bertz CT molecular complexity index is 701. The van der Waals surface area contributed by atoms with Gasteiger partial charge in [-0.15, -0.1) is 11.8 Å². The Balaban J connectivity index is 1.91. The van der Waals surface area contributed by atoms with E-state index in [2.05, 4.69) is 5.32 Å². The topological polar surface area (TPSA) is 55.4 Å². The van der Waals surface area contributed by atoms with Crippen LogP contribution < -0.4 is 5.32 Å². The lowest BCUT2D eigenvalue weighted by atomic mass is 10.1. The van der Waals surface area contributed by atoms with E-state index < -0.39 is 0 Å². The Labute approximate surface area is 146 Å². The van der Waals surface area contributed by atoms with Gasteiger partial charge in [-0.05, 0) is 43.7 Å². The molecule has 24 heavy (non-hydrogen) atoms. The van der Waals surface area contributed by atoms with E-state index in [9.17, 15) is 9.59 Å². The molecule has 0 aliphatic rings. The van der Waals surface area contributed by atoms with Gasteiger partial charge in [-0.2, -0.15) is 0 Å². The molecule has 0 aromatic heterocycles. The Hall–Kier alpha value is -2.27.